The minimum absolute atomic E-state index is 0.00612. The number of carbonyl (C=O) groups excluding carboxylic acids is 1. The van der Waals surface area contributed by atoms with Crippen LogP contribution < -0.4 is 20.5 Å². The number of methoxy groups -OCH3 is 2. The molecule has 0 aromatic heterocycles. The average Bonchev–Trinajstić information content (AvgIpc) is 2.89. The van der Waals surface area contributed by atoms with Gasteiger partial charge in [0.05, 0.1) is 38.6 Å². The Labute approximate surface area is 214 Å². The van der Waals surface area contributed by atoms with Crippen LogP contribution in [0, 0.1) is 18.6 Å². The number of hydrogen-bond acceptors (Lipinski definition) is 7. The highest BCUT2D eigenvalue weighted by Crippen LogP contribution is 2.32. The maximum Gasteiger partial charge on any atom is 0.193 e. The lowest BCUT2D eigenvalue weighted by atomic mass is 9.93. The van der Waals surface area contributed by atoms with Crippen molar-refractivity contribution >= 4 is 23.4 Å². The molecule has 0 fully saturated rings. The van der Waals surface area contributed by atoms with E-state index in [9.17, 15) is 18.7 Å². The lowest BCUT2D eigenvalue weighted by molar-refractivity contribution is -0.115. The molecule has 0 saturated heterocycles. The number of anilines is 1. The topological polar surface area (TPSA) is 106 Å². The van der Waals surface area contributed by atoms with Crippen LogP contribution in [-0.2, 0) is 4.79 Å². The largest absolute Gasteiger partial charge is 0.497 e. The van der Waals surface area contributed by atoms with E-state index in [0.29, 0.717) is 28.8 Å². The van der Waals surface area contributed by atoms with Gasteiger partial charge in [0.2, 0.25) is 0 Å². The van der Waals surface area contributed by atoms with E-state index in [-0.39, 0.29) is 30.0 Å². The number of carbonyl (C=O) groups is 1. The standard InChI is InChI=1S/C28H29F2N3O4/c1-17-4-6-18(7-5-17)26(31)24(16-32-10-11-34)28(35)27(23-9-8-19(29)12-25(23)30)33-20-13-21(36-2)15-22(14-20)37-3/h4-9,12-16,27,33-34H,10-11,31H2,1-3H3. The lowest BCUT2D eigenvalue weighted by Gasteiger charge is -2.22. The summed E-state index contributed by atoms with van der Waals surface area (Å²) >= 11 is 0. The molecular formula is C28H29F2N3O4. The van der Waals surface area contributed by atoms with Crippen molar-refractivity contribution < 1.29 is 28.2 Å². The van der Waals surface area contributed by atoms with Gasteiger partial charge in [0, 0.05) is 41.7 Å². The summed E-state index contributed by atoms with van der Waals surface area (Å²) in [6.07, 6.45) is 1.26. The van der Waals surface area contributed by atoms with E-state index in [1.165, 1.54) is 26.5 Å². The summed E-state index contributed by atoms with van der Waals surface area (Å²) in [5.41, 5.74) is 8.38. The molecule has 0 amide bonds. The first kappa shape index (κ1) is 27.3. The summed E-state index contributed by atoms with van der Waals surface area (Å²) < 4.78 is 39.3. The monoisotopic (exact) mass is 509 g/mol. The van der Waals surface area contributed by atoms with Gasteiger partial charge in [-0.05, 0) is 18.6 Å². The van der Waals surface area contributed by atoms with E-state index < -0.39 is 23.5 Å². The summed E-state index contributed by atoms with van der Waals surface area (Å²) in [5, 5.41) is 12.2. The molecule has 1 unspecified atom stereocenters. The predicted octanol–water partition coefficient (Wildman–Crippen LogP) is 4.45. The summed E-state index contributed by atoms with van der Waals surface area (Å²) in [5.74, 6) is -1.44. The van der Waals surface area contributed by atoms with E-state index in [1.807, 2.05) is 19.1 Å². The molecule has 4 N–H and O–H groups in total. The van der Waals surface area contributed by atoms with E-state index >= 15 is 0 Å². The number of aliphatic hydroxyl groups excluding tert-OH is 1. The van der Waals surface area contributed by atoms with Gasteiger partial charge >= 0.3 is 0 Å². The highest BCUT2D eigenvalue weighted by Gasteiger charge is 2.28. The Morgan fingerprint density at radius 3 is 2.27 bits per heavy atom. The molecule has 1 atom stereocenters. The van der Waals surface area contributed by atoms with Crippen molar-refractivity contribution in [3.05, 3.63) is 94.6 Å². The molecule has 37 heavy (non-hydrogen) atoms. The molecule has 3 aromatic carbocycles. The molecule has 7 nitrogen and oxygen atoms in total. The number of halogens is 2. The SMILES string of the molecule is COc1cc(NC(C(=O)C(C=NCCO)=C(N)c2ccc(C)cc2)c2ccc(F)cc2F)cc(OC)c1. The van der Waals surface area contributed by atoms with Crippen LogP contribution in [0.2, 0.25) is 0 Å². The molecule has 0 saturated carbocycles. The normalized spacial score (nSPS) is 12.7. The van der Waals surface area contributed by atoms with Gasteiger partial charge in [-0.3, -0.25) is 9.79 Å². The molecule has 0 bridgehead atoms. The highest BCUT2D eigenvalue weighted by molar-refractivity contribution is 6.21. The number of ketones is 1. The Bertz CT molecular complexity index is 1290. The minimum atomic E-state index is -1.32. The molecule has 0 heterocycles. The van der Waals surface area contributed by atoms with Gasteiger partial charge in [0.25, 0.3) is 0 Å². The smallest absolute Gasteiger partial charge is 0.193 e. The zero-order valence-corrected chi connectivity index (χ0v) is 20.8. The van der Waals surface area contributed by atoms with E-state index in [4.69, 9.17) is 15.2 Å². The van der Waals surface area contributed by atoms with Crippen LogP contribution in [0.5, 0.6) is 11.5 Å². The first-order chi connectivity index (χ1) is 17.8. The zero-order chi connectivity index (χ0) is 26.9. The Balaban J connectivity index is 2.17. The number of aryl methyl sites for hydroxylation is 1. The van der Waals surface area contributed by atoms with Gasteiger partial charge in [-0.1, -0.05) is 35.9 Å². The van der Waals surface area contributed by atoms with Crippen LogP contribution in [0.15, 0.2) is 71.2 Å². The molecule has 0 spiro atoms. The van der Waals surface area contributed by atoms with Gasteiger partial charge in [-0.2, -0.15) is 0 Å². The van der Waals surface area contributed by atoms with Crippen molar-refractivity contribution in [2.45, 2.75) is 13.0 Å². The second-order valence-corrected chi connectivity index (χ2v) is 8.16. The van der Waals surface area contributed by atoms with Crippen LogP contribution in [-0.4, -0.2) is 44.5 Å². The molecule has 9 heteroatoms. The molecule has 3 rings (SSSR count). The fraction of sp³-hybridized carbons (Fsp3) is 0.214. The number of nitrogens with two attached hydrogens (primary N) is 1. The van der Waals surface area contributed by atoms with Crippen LogP contribution in [0.25, 0.3) is 5.70 Å². The number of benzene rings is 3. The second-order valence-electron chi connectivity index (χ2n) is 8.16. The summed E-state index contributed by atoms with van der Waals surface area (Å²) in [4.78, 5) is 18.1. The third kappa shape index (κ3) is 6.92. The van der Waals surface area contributed by atoms with Gasteiger partial charge in [0.1, 0.15) is 29.2 Å². The number of aliphatic imine (C=N–C) groups is 1. The van der Waals surface area contributed by atoms with Gasteiger partial charge < -0.3 is 25.6 Å². The number of ether oxygens (including phenoxy) is 2. The van der Waals surface area contributed by atoms with Gasteiger partial charge in [-0.15, -0.1) is 0 Å². The number of hydrogen-bond donors (Lipinski definition) is 3. The van der Waals surface area contributed by atoms with Crippen molar-refractivity contribution in [3.63, 3.8) is 0 Å². The number of nitrogens with one attached hydrogen (secondary N) is 1. The van der Waals surface area contributed by atoms with E-state index in [0.717, 1.165) is 11.6 Å². The number of nitrogens with zero attached hydrogens (tertiary/aromatic N) is 1. The van der Waals surface area contributed by atoms with Crippen LogP contribution in [0.1, 0.15) is 22.7 Å². The van der Waals surface area contributed by atoms with Crippen molar-refractivity contribution in [3.8, 4) is 11.5 Å². The maximum absolute atomic E-state index is 15.0. The number of rotatable bonds is 11. The predicted molar refractivity (Wildman–Crippen MR) is 140 cm³/mol. The first-order valence-electron chi connectivity index (χ1n) is 11.4. The molecule has 3 aromatic rings. The Morgan fingerprint density at radius 2 is 1.70 bits per heavy atom. The molecule has 0 aliphatic rings. The fourth-order valence-electron chi connectivity index (χ4n) is 3.60. The minimum Gasteiger partial charge on any atom is -0.497 e. The molecule has 0 aliphatic heterocycles. The third-order valence-corrected chi connectivity index (χ3v) is 5.57. The Kier molecular flexibility index (Phi) is 9.34. The Hall–Kier alpha value is -4.24. The highest BCUT2D eigenvalue weighted by atomic mass is 19.1. The molecular weight excluding hydrogens is 480 g/mol. The van der Waals surface area contributed by atoms with Crippen molar-refractivity contribution in [2.75, 3.05) is 32.7 Å². The molecule has 194 valence electrons. The Morgan fingerprint density at radius 1 is 1.05 bits per heavy atom. The quantitative estimate of drug-likeness (QED) is 0.261. The van der Waals surface area contributed by atoms with Crippen LogP contribution in [0.4, 0.5) is 14.5 Å². The first-order valence-corrected chi connectivity index (χ1v) is 11.4. The van der Waals surface area contributed by atoms with Crippen molar-refractivity contribution in [2.24, 2.45) is 10.7 Å². The van der Waals surface area contributed by atoms with E-state index in [2.05, 4.69) is 10.3 Å². The van der Waals surface area contributed by atoms with E-state index in [1.54, 1.807) is 30.3 Å². The zero-order valence-electron chi connectivity index (χ0n) is 20.8. The molecule has 0 radical (unpaired) electrons. The number of aliphatic hydroxyl groups is 1. The number of Topliss-reactive ketones (excluding diaryl/α,β-unsaturated/α-hetero) is 1. The van der Waals surface area contributed by atoms with Gasteiger partial charge in [0.15, 0.2) is 5.78 Å². The van der Waals surface area contributed by atoms with Crippen LogP contribution in [0.3, 0.4) is 0 Å². The summed E-state index contributed by atoms with van der Waals surface area (Å²) in [6.45, 7) is 1.71. The second kappa shape index (κ2) is 12.6. The summed E-state index contributed by atoms with van der Waals surface area (Å²) in [7, 11) is 2.95. The lowest BCUT2D eigenvalue weighted by Crippen LogP contribution is -2.26. The fourth-order valence-corrected chi connectivity index (χ4v) is 3.60. The molecule has 0 aliphatic carbocycles. The van der Waals surface area contributed by atoms with Gasteiger partial charge in [-0.25, -0.2) is 8.78 Å². The van der Waals surface area contributed by atoms with Crippen LogP contribution >= 0.6 is 0 Å². The van der Waals surface area contributed by atoms with Crippen molar-refractivity contribution in [1.29, 1.82) is 0 Å². The summed E-state index contributed by atoms with van der Waals surface area (Å²) in [6, 6.07) is 13.7. The maximum atomic E-state index is 15.0. The third-order valence-electron chi connectivity index (χ3n) is 5.57. The average molecular weight is 510 g/mol. The van der Waals surface area contributed by atoms with Crippen molar-refractivity contribution in [1.82, 2.24) is 0 Å².